The minimum atomic E-state index is -0.266. The number of benzene rings is 2. The summed E-state index contributed by atoms with van der Waals surface area (Å²) in [5.41, 5.74) is 1.71. The number of nitrogens with one attached hydrogen (secondary N) is 1. The molecule has 0 fully saturated rings. The molecule has 0 spiro atoms. The van der Waals surface area contributed by atoms with Gasteiger partial charge in [0.25, 0.3) is 0 Å². The Balaban J connectivity index is 0.00000225. The first-order valence-electron chi connectivity index (χ1n) is 7.56. The van der Waals surface area contributed by atoms with E-state index in [1.165, 1.54) is 6.33 Å². The van der Waals surface area contributed by atoms with Crippen LogP contribution in [0.1, 0.15) is 11.6 Å². The molecule has 0 amide bonds. The summed E-state index contributed by atoms with van der Waals surface area (Å²) in [6.45, 7) is -0.0528. The van der Waals surface area contributed by atoms with Gasteiger partial charge in [-0.2, -0.15) is 0 Å². The first-order chi connectivity index (χ1) is 11.8. The molecule has 2 N–H and O–H groups in total. The summed E-state index contributed by atoms with van der Waals surface area (Å²) in [7, 11) is 3.17. The van der Waals surface area contributed by atoms with Gasteiger partial charge in [-0.15, -0.1) is 12.4 Å². The molecule has 0 aliphatic rings. The molecule has 7 heteroatoms. The van der Waals surface area contributed by atoms with Crippen LogP contribution in [-0.4, -0.2) is 35.9 Å². The molecule has 3 rings (SSSR count). The minimum absolute atomic E-state index is 0. The monoisotopic (exact) mass is 361 g/mol. The van der Waals surface area contributed by atoms with Crippen molar-refractivity contribution in [1.82, 2.24) is 9.97 Å². The molecule has 132 valence electrons. The average molecular weight is 362 g/mol. The largest absolute Gasteiger partial charge is 0.493 e. The van der Waals surface area contributed by atoms with E-state index in [-0.39, 0.29) is 25.1 Å². The van der Waals surface area contributed by atoms with Crippen LogP contribution in [0.5, 0.6) is 11.5 Å². The number of halogens is 1. The summed E-state index contributed by atoms with van der Waals surface area (Å²) < 4.78 is 10.7. The van der Waals surface area contributed by atoms with E-state index in [1.54, 1.807) is 20.3 Å². The lowest BCUT2D eigenvalue weighted by atomic mass is 10.1. The fraction of sp³-hybridized carbons (Fsp3) is 0.222. The van der Waals surface area contributed by atoms with E-state index >= 15 is 0 Å². The van der Waals surface area contributed by atoms with Crippen LogP contribution in [0.2, 0.25) is 0 Å². The number of methoxy groups -OCH3 is 2. The number of hydrogen-bond donors (Lipinski definition) is 2. The summed E-state index contributed by atoms with van der Waals surface area (Å²) in [5, 5.41) is 13.8. The van der Waals surface area contributed by atoms with E-state index < -0.39 is 0 Å². The number of rotatable bonds is 6. The van der Waals surface area contributed by atoms with Crippen LogP contribution in [0, 0.1) is 0 Å². The van der Waals surface area contributed by atoms with E-state index in [0.717, 1.165) is 16.5 Å². The van der Waals surface area contributed by atoms with E-state index in [9.17, 15) is 5.11 Å². The number of aliphatic hydroxyl groups is 1. The molecule has 2 aromatic carbocycles. The van der Waals surface area contributed by atoms with Gasteiger partial charge in [0.2, 0.25) is 0 Å². The summed E-state index contributed by atoms with van der Waals surface area (Å²) >= 11 is 0. The van der Waals surface area contributed by atoms with Gasteiger partial charge in [-0.3, -0.25) is 0 Å². The normalized spacial score (nSPS) is 11.5. The standard InChI is InChI=1S/C18H19N3O3.ClH/c1-23-16-8-13-14(9-17(16)24-2)19-11-20-18(13)21-15(10-22)12-6-4-3-5-7-12;/h3-9,11,15,22H,10H2,1-2H3,(H,19,20,21);1H/t15-;/m1./s1. The van der Waals surface area contributed by atoms with Gasteiger partial charge < -0.3 is 19.9 Å². The molecule has 0 aliphatic carbocycles. The van der Waals surface area contributed by atoms with Crippen molar-refractivity contribution in [1.29, 1.82) is 0 Å². The Hall–Kier alpha value is -2.57. The first kappa shape index (κ1) is 18.8. The van der Waals surface area contributed by atoms with Crippen LogP contribution in [0.3, 0.4) is 0 Å². The number of anilines is 1. The van der Waals surface area contributed by atoms with Crippen molar-refractivity contribution in [3.63, 3.8) is 0 Å². The van der Waals surface area contributed by atoms with E-state index in [1.807, 2.05) is 36.4 Å². The highest BCUT2D eigenvalue weighted by molar-refractivity contribution is 5.91. The number of fused-ring (bicyclic) bond motifs is 1. The lowest BCUT2D eigenvalue weighted by molar-refractivity contribution is 0.276. The van der Waals surface area contributed by atoms with Gasteiger partial charge in [0.1, 0.15) is 12.1 Å². The van der Waals surface area contributed by atoms with E-state index in [2.05, 4.69) is 15.3 Å². The van der Waals surface area contributed by atoms with Crippen LogP contribution >= 0.6 is 12.4 Å². The summed E-state index contributed by atoms with van der Waals surface area (Å²) in [4.78, 5) is 8.60. The van der Waals surface area contributed by atoms with Crippen molar-refractivity contribution in [3.05, 3.63) is 54.4 Å². The van der Waals surface area contributed by atoms with Gasteiger partial charge in [-0.05, 0) is 11.6 Å². The highest BCUT2D eigenvalue weighted by atomic mass is 35.5. The van der Waals surface area contributed by atoms with Crippen molar-refractivity contribution in [2.45, 2.75) is 6.04 Å². The predicted molar refractivity (Wildman–Crippen MR) is 99.8 cm³/mol. The predicted octanol–water partition coefficient (Wildman–Crippen LogP) is 3.21. The average Bonchev–Trinajstić information content (AvgIpc) is 2.65. The van der Waals surface area contributed by atoms with Crippen molar-refractivity contribution >= 4 is 29.1 Å². The lowest BCUT2D eigenvalue weighted by Gasteiger charge is -2.19. The molecule has 25 heavy (non-hydrogen) atoms. The molecule has 0 aliphatic heterocycles. The second-order valence-electron chi connectivity index (χ2n) is 5.24. The fourth-order valence-electron chi connectivity index (χ4n) is 2.58. The quantitative estimate of drug-likeness (QED) is 0.702. The smallest absolute Gasteiger partial charge is 0.162 e. The van der Waals surface area contributed by atoms with Crippen LogP contribution in [-0.2, 0) is 0 Å². The Morgan fingerprint density at radius 3 is 2.36 bits per heavy atom. The lowest BCUT2D eigenvalue weighted by Crippen LogP contribution is -2.16. The molecule has 0 bridgehead atoms. The number of ether oxygens (including phenoxy) is 2. The molecule has 0 saturated carbocycles. The van der Waals surface area contributed by atoms with Crippen molar-refractivity contribution in [2.24, 2.45) is 0 Å². The second kappa shape index (κ2) is 8.50. The van der Waals surface area contributed by atoms with Crippen LogP contribution in [0.25, 0.3) is 10.9 Å². The number of aromatic nitrogens is 2. The Morgan fingerprint density at radius 1 is 1.04 bits per heavy atom. The molecule has 0 saturated heterocycles. The summed E-state index contributed by atoms with van der Waals surface area (Å²) in [6.07, 6.45) is 1.48. The highest BCUT2D eigenvalue weighted by Crippen LogP contribution is 2.34. The molecule has 1 heterocycles. The van der Waals surface area contributed by atoms with Gasteiger partial charge in [0.15, 0.2) is 11.5 Å². The SMILES string of the molecule is COc1cc2ncnc(N[C@H](CO)c3ccccc3)c2cc1OC.Cl. The maximum Gasteiger partial charge on any atom is 0.162 e. The molecule has 6 nitrogen and oxygen atoms in total. The molecular weight excluding hydrogens is 342 g/mol. The van der Waals surface area contributed by atoms with Gasteiger partial charge in [0.05, 0.1) is 32.4 Å². The highest BCUT2D eigenvalue weighted by Gasteiger charge is 2.15. The third kappa shape index (κ3) is 3.92. The Kier molecular flexibility index (Phi) is 6.38. The zero-order chi connectivity index (χ0) is 16.9. The zero-order valence-corrected chi connectivity index (χ0v) is 14.8. The summed E-state index contributed by atoms with van der Waals surface area (Å²) in [5.74, 6) is 1.84. The topological polar surface area (TPSA) is 76.5 Å². The third-order valence-corrected chi connectivity index (χ3v) is 3.84. The van der Waals surface area contributed by atoms with Crippen LogP contribution < -0.4 is 14.8 Å². The number of aliphatic hydroxyl groups excluding tert-OH is 1. The first-order valence-corrected chi connectivity index (χ1v) is 7.56. The molecule has 1 atom stereocenters. The maximum absolute atomic E-state index is 9.75. The molecule has 1 aromatic heterocycles. The van der Waals surface area contributed by atoms with E-state index in [0.29, 0.717) is 17.3 Å². The van der Waals surface area contributed by atoms with Gasteiger partial charge in [0, 0.05) is 11.5 Å². The zero-order valence-electron chi connectivity index (χ0n) is 14.0. The molecule has 0 radical (unpaired) electrons. The van der Waals surface area contributed by atoms with Gasteiger partial charge in [-0.25, -0.2) is 9.97 Å². The Labute approximate surface area is 152 Å². The summed E-state index contributed by atoms with van der Waals surface area (Å²) in [6, 6.07) is 13.1. The molecular formula is C18H20ClN3O3. The van der Waals surface area contributed by atoms with Gasteiger partial charge in [-0.1, -0.05) is 30.3 Å². The fourth-order valence-corrected chi connectivity index (χ4v) is 2.58. The third-order valence-electron chi connectivity index (χ3n) is 3.84. The van der Waals surface area contributed by atoms with Crippen LogP contribution in [0.4, 0.5) is 5.82 Å². The number of nitrogens with zero attached hydrogens (tertiary/aromatic N) is 2. The number of hydrogen-bond acceptors (Lipinski definition) is 6. The van der Waals surface area contributed by atoms with Crippen LogP contribution in [0.15, 0.2) is 48.8 Å². The molecule has 3 aromatic rings. The minimum Gasteiger partial charge on any atom is -0.493 e. The maximum atomic E-state index is 9.75. The second-order valence-corrected chi connectivity index (χ2v) is 5.24. The Morgan fingerprint density at radius 2 is 1.72 bits per heavy atom. The molecule has 0 unspecified atom stereocenters. The van der Waals surface area contributed by atoms with E-state index in [4.69, 9.17) is 9.47 Å². The Bertz CT molecular complexity index is 830. The van der Waals surface area contributed by atoms with Gasteiger partial charge >= 0.3 is 0 Å². The van der Waals surface area contributed by atoms with Crippen molar-refractivity contribution in [3.8, 4) is 11.5 Å². The van der Waals surface area contributed by atoms with Crippen molar-refractivity contribution < 1.29 is 14.6 Å². The van der Waals surface area contributed by atoms with Crippen molar-refractivity contribution in [2.75, 3.05) is 26.1 Å².